The second-order valence-corrected chi connectivity index (χ2v) is 16.0. The topological polar surface area (TPSA) is 148 Å². The summed E-state index contributed by atoms with van der Waals surface area (Å²) in [4.78, 5) is 25.2. The predicted octanol–water partition coefficient (Wildman–Crippen LogP) is 7.77. The number of aliphatic hydroxyl groups excluding tert-OH is 3. The van der Waals surface area contributed by atoms with Crippen molar-refractivity contribution in [1.82, 2.24) is 5.32 Å². The van der Waals surface area contributed by atoms with Crippen LogP contribution in [0.2, 0.25) is 0 Å². The normalized spacial score (nSPS) is 16.5. The lowest BCUT2D eigenvalue weighted by Crippen LogP contribution is -2.46. The van der Waals surface area contributed by atoms with E-state index in [-0.39, 0.29) is 25.9 Å². The van der Waals surface area contributed by atoms with Crippen molar-refractivity contribution in [3.63, 3.8) is 0 Å². The fraction of sp³-hybridized carbons (Fsp3) is 0.690. The zero-order chi connectivity index (χ0) is 39.6. The Morgan fingerprint density at radius 1 is 0.736 bits per heavy atom. The van der Waals surface area contributed by atoms with Crippen LogP contribution in [0.1, 0.15) is 123 Å². The smallest absolute Gasteiger partial charge is 0.268 e. The molecule has 11 heteroatoms. The SMILES string of the molecule is CC/C=C\C/C=C\C/C=C\C/C=C\C[C@@H](O)[C@H](O)CCCC(=O)N[C@@H](COP(=O)([O-])OCC[N+](C)(C)C)[C@H](O)/C=C/CC/C=C\CCCCCCCC. The second kappa shape index (κ2) is 33.2. The van der Waals surface area contributed by atoms with Gasteiger partial charge in [0.05, 0.1) is 52.1 Å². The molecule has 0 spiro atoms. The number of likely N-dealkylation sites (N-methyl/N-ethyl adjacent to an activating group) is 1. The summed E-state index contributed by atoms with van der Waals surface area (Å²) in [6, 6.07) is -1.04. The molecule has 0 fully saturated rings. The molecule has 53 heavy (non-hydrogen) atoms. The minimum atomic E-state index is -4.68. The number of carbonyl (C=O) groups is 1. The number of hydrogen-bond acceptors (Lipinski definition) is 8. The van der Waals surface area contributed by atoms with E-state index in [0.717, 1.165) is 38.5 Å². The Hall–Kier alpha value is -2.14. The van der Waals surface area contributed by atoms with Crippen molar-refractivity contribution >= 4 is 13.7 Å². The van der Waals surface area contributed by atoms with Gasteiger partial charge in [0, 0.05) is 6.42 Å². The third-order valence-corrected chi connectivity index (χ3v) is 9.32. The molecule has 0 rings (SSSR count). The molecule has 0 aromatic heterocycles. The summed E-state index contributed by atoms with van der Waals surface area (Å²) >= 11 is 0. The number of nitrogens with zero attached hydrogens (tertiary/aromatic N) is 1. The number of allylic oxidation sites excluding steroid dienone is 10. The first kappa shape index (κ1) is 50.9. The molecule has 306 valence electrons. The summed E-state index contributed by atoms with van der Waals surface area (Å²) in [5.41, 5.74) is 0. The van der Waals surface area contributed by atoms with Gasteiger partial charge in [-0.15, -0.1) is 0 Å². The molecule has 0 saturated carbocycles. The molecular formula is C42H75N2O8P. The first-order chi connectivity index (χ1) is 25.3. The number of phosphoric acid groups is 1. The van der Waals surface area contributed by atoms with Gasteiger partial charge in [0.15, 0.2) is 0 Å². The fourth-order valence-corrected chi connectivity index (χ4v) is 5.74. The van der Waals surface area contributed by atoms with E-state index < -0.39 is 44.7 Å². The molecule has 1 unspecified atom stereocenters. The van der Waals surface area contributed by atoms with E-state index >= 15 is 0 Å². The van der Waals surface area contributed by atoms with Crippen LogP contribution < -0.4 is 10.2 Å². The quantitative estimate of drug-likeness (QED) is 0.0225. The number of phosphoric ester groups is 1. The number of hydrogen-bond donors (Lipinski definition) is 4. The number of carbonyl (C=O) groups excluding carboxylic acids is 1. The van der Waals surface area contributed by atoms with Gasteiger partial charge in [-0.25, -0.2) is 0 Å². The highest BCUT2D eigenvalue weighted by Gasteiger charge is 2.23. The number of amides is 1. The van der Waals surface area contributed by atoms with Crippen LogP contribution in [0.5, 0.6) is 0 Å². The van der Waals surface area contributed by atoms with Crippen molar-refractivity contribution in [3.8, 4) is 0 Å². The Morgan fingerprint density at radius 3 is 1.96 bits per heavy atom. The van der Waals surface area contributed by atoms with E-state index in [9.17, 15) is 29.6 Å². The van der Waals surface area contributed by atoms with E-state index in [2.05, 4.69) is 67.8 Å². The Morgan fingerprint density at radius 2 is 1.32 bits per heavy atom. The Kier molecular flexibility index (Phi) is 31.9. The van der Waals surface area contributed by atoms with Crippen LogP contribution in [-0.4, -0.2) is 91.0 Å². The van der Waals surface area contributed by atoms with Crippen LogP contribution in [0.4, 0.5) is 0 Å². The van der Waals surface area contributed by atoms with Crippen molar-refractivity contribution in [1.29, 1.82) is 0 Å². The number of nitrogens with one attached hydrogen (secondary N) is 1. The summed E-state index contributed by atoms with van der Waals surface area (Å²) < 4.78 is 23.0. The summed E-state index contributed by atoms with van der Waals surface area (Å²) in [5, 5.41) is 34.3. The lowest BCUT2D eigenvalue weighted by atomic mass is 10.0. The Bertz CT molecular complexity index is 1130. The monoisotopic (exact) mass is 767 g/mol. The van der Waals surface area contributed by atoms with Gasteiger partial charge in [0.1, 0.15) is 13.2 Å². The van der Waals surface area contributed by atoms with Crippen LogP contribution in [0.15, 0.2) is 72.9 Å². The summed E-state index contributed by atoms with van der Waals surface area (Å²) in [5.74, 6) is -0.434. The molecule has 0 aliphatic carbocycles. The van der Waals surface area contributed by atoms with Crippen LogP contribution in [0.25, 0.3) is 0 Å². The van der Waals surface area contributed by atoms with Crippen molar-refractivity contribution in [2.45, 2.75) is 147 Å². The third-order valence-electron chi connectivity index (χ3n) is 8.35. The molecule has 5 atom stereocenters. The van der Waals surface area contributed by atoms with Crippen molar-refractivity contribution in [3.05, 3.63) is 72.9 Å². The number of unbranched alkanes of at least 4 members (excludes halogenated alkanes) is 7. The van der Waals surface area contributed by atoms with Gasteiger partial charge in [-0.05, 0) is 70.6 Å². The Balaban J connectivity index is 4.84. The van der Waals surface area contributed by atoms with E-state index in [1.54, 1.807) is 0 Å². The predicted molar refractivity (Wildman–Crippen MR) is 217 cm³/mol. The molecule has 0 saturated heterocycles. The number of rotatable bonds is 34. The molecule has 4 N–H and O–H groups in total. The molecule has 0 aromatic carbocycles. The second-order valence-electron chi connectivity index (χ2n) is 14.6. The van der Waals surface area contributed by atoms with Crippen molar-refractivity contribution in [2.24, 2.45) is 0 Å². The van der Waals surface area contributed by atoms with Crippen LogP contribution in [0, 0.1) is 0 Å². The summed E-state index contributed by atoms with van der Waals surface area (Å²) in [7, 11) is 1.05. The van der Waals surface area contributed by atoms with Gasteiger partial charge in [-0.1, -0.05) is 119 Å². The summed E-state index contributed by atoms with van der Waals surface area (Å²) in [6.07, 6.45) is 35.5. The van der Waals surface area contributed by atoms with Crippen LogP contribution in [0.3, 0.4) is 0 Å². The van der Waals surface area contributed by atoms with E-state index in [1.165, 1.54) is 44.6 Å². The zero-order valence-electron chi connectivity index (χ0n) is 33.7. The third kappa shape index (κ3) is 34.1. The lowest BCUT2D eigenvalue weighted by molar-refractivity contribution is -0.870. The van der Waals surface area contributed by atoms with Gasteiger partial charge in [0.2, 0.25) is 5.91 Å². The highest BCUT2D eigenvalue weighted by Crippen LogP contribution is 2.38. The highest BCUT2D eigenvalue weighted by molar-refractivity contribution is 7.45. The summed E-state index contributed by atoms with van der Waals surface area (Å²) in [6.45, 7) is 4.21. The van der Waals surface area contributed by atoms with Crippen LogP contribution >= 0.6 is 7.82 Å². The molecule has 0 heterocycles. The standard InChI is InChI=1S/C42H75N2O8P/c1-6-8-10-12-14-16-18-20-22-24-26-28-31-39(45)38(37-52-53(49,50)51-36-35-44(3,4)5)43-42(48)34-30-33-41(47)40(46)32-29-27-25-23-21-19-17-15-13-11-9-7-2/h9,11,15,17,20-23,27-29,31,38-41,45-47H,6-8,10,12-14,16,18-19,24-26,30,32-37H2,1-5H3,(H-,43,48,49,50)/b11-9-,17-15-,22-20-,23-21-,29-27-,31-28+/t38-,39+,40+,41+/m0/s1. The van der Waals surface area contributed by atoms with E-state index in [4.69, 9.17) is 9.05 Å². The van der Waals surface area contributed by atoms with Gasteiger partial charge in [0.25, 0.3) is 7.82 Å². The molecule has 0 bridgehead atoms. The minimum Gasteiger partial charge on any atom is -0.756 e. The van der Waals surface area contributed by atoms with E-state index in [0.29, 0.717) is 23.9 Å². The molecule has 0 aromatic rings. The molecule has 0 aliphatic heterocycles. The van der Waals surface area contributed by atoms with E-state index in [1.807, 2.05) is 39.4 Å². The van der Waals surface area contributed by atoms with Crippen molar-refractivity contribution in [2.75, 3.05) is 40.9 Å². The molecule has 1 amide bonds. The maximum Gasteiger partial charge on any atom is 0.268 e. The minimum absolute atomic E-state index is 0.0130. The Labute approximate surface area is 322 Å². The largest absolute Gasteiger partial charge is 0.756 e. The highest BCUT2D eigenvalue weighted by atomic mass is 31.2. The maximum absolute atomic E-state index is 12.8. The van der Waals surface area contributed by atoms with Gasteiger partial charge in [-0.3, -0.25) is 9.36 Å². The van der Waals surface area contributed by atoms with Crippen LogP contribution in [-0.2, 0) is 18.4 Å². The first-order valence-corrected chi connectivity index (χ1v) is 21.4. The molecule has 0 radical (unpaired) electrons. The maximum atomic E-state index is 12.8. The first-order valence-electron chi connectivity index (χ1n) is 20.0. The average Bonchev–Trinajstić information content (AvgIpc) is 3.10. The zero-order valence-corrected chi connectivity index (χ0v) is 34.6. The lowest BCUT2D eigenvalue weighted by Gasteiger charge is -2.29. The van der Waals surface area contributed by atoms with Gasteiger partial charge in [-0.2, -0.15) is 0 Å². The number of quaternary nitrogens is 1. The fourth-order valence-electron chi connectivity index (χ4n) is 5.02. The van der Waals surface area contributed by atoms with Gasteiger partial charge < -0.3 is 39.1 Å². The average molecular weight is 767 g/mol. The molecule has 10 nitrogen and oxygen atoms in total. The molecular weight excluding hydrogens is 691 g/mol. The van der Waals surface area contributed by atoms with Crippen molar-refractivity contribution < 1.29 is 43.1 Å². The number of aliphatic hydroxyl groups is 3. The van der Waals surface area contributed by atoms with Gasteiger partial charge >= 0.3 is 0 Å². The molecule has 0 aliphatic rings.